The van der Waals surface area contributed by atoms with Crippen LogP contribution in [0.3, 0.4) is 0 Å². The molecular formula is C29H37FN4. The number of nitrogens with one attached hydrogen (secondary N) is 2. The average Bonchev–Trinajstić information content (AvgIpc) is 3.25. The maximum atomic E-state index is 14.0. The van der Waals surface area contributed by atoms with Crippen LogP contribution < -0.4 is 10.6 Å². The topological polar surface area (TPSA) is 40.2 Å². The second-order valence-corrected chi connectivity index (χ2v) is 9.45. The highest BCUT2D eigenvalue weighted by Crippen LogP contribution is 2.34. The van der Waals surface area contributed by atoms with Gasteiger partial charge in [0.15, 0.2) is 0 Å². The van der Waals surface area contributed by atoms with Gasteiger partial charge in [0.2, 0.25) is 0 Å². The van der Waals surface area contributed by atoms with Crippen molar-refractivity contribution in [2.75, 3.05) is 6.54 Å². The van der Waals surface area contributed by atoms with Crippen LogP contribution in [0, 0.1) is 17.7 Å². The molecule has 4 rings (SSSR count). The van der Waals surface area contributed by atoms with Gasteiger partial charge in [-0.3, -0.25) is 4.98 Å². The van der Waals surface area contributed by atoms with Crippen molar-refractivity contribution in [1.82, 2.24) is 20.5 Å². The minimum Gasteiger partial charge on any atom is -0.387 e. The van der Waals surface area contributed by atoms with E-state index in [1.807, 2.05) is 0 Å². The molecule has 0 saturated heterocycles. The number of nitrogens with zero attached hydrogens (tertiary/aromatic N) is 2. The molecule has 0 fully saturated rings. The third-order valence-corrected chi connectivity index (χ3v) is 7.07. The van der Waals surface area contributed by atoms with Crippen LogP contribution in [-0.4, -0.2) is 22.5 Å². The molecule has 1 aromatic rings. The van der Waals surface area contributed by atoms with E-state index in [-0.39, 0.29) is 5.82 Å². The highest BCUT2D eigenvalue weighted by atomic mass is 19.1. The van der Waals surface area contributed by atoms with Crippen LogP contribution >= 0.6 is 0 Å². The van der Waals surface area contributed by atoms with Crippen LogP contribution in [0.2, 0.25) is 0 Å². The Kier molecular flexibility index (Phi) is 7.71. The number of allylic oxidation sites excluding steroid dienone is 5. The fourth-order valence-corrected chi connectivity index (χ4v) is 5.27. The molecule has 2 N–H and O–H groups in total. The number of rotatable bonds is 9. The Morgan fingerprint density at radius 2 is 2.26 bits per heavy atom. The summed E-state index contributed by atoms with van der Waals surface area (Å²) in [6.07, 6.45) is 21.6. The van der Waals surface area contributed by atoms with Crippen molar-refractivity contribution >= 4 is 5.57 Å². The van der Waals surface area contributed by atoms with Gasteiger partial charge in [-0.15, -0.1) is 0 Å². The lowest BCUT2D eigenvalue weighted by Crippen LogP contribution is -2.30. The molecular weight excluding hydrogens is 423 g/mol. The van der Waals surface area contributed by atoms with E-state index in [0.29, 0.717) is 17.9 Å². The first kappa shape index (κ1) is 24.1. The molecule has 1 aliphatic carbocycles. The van der Waals surface area contributed by atoms with Gasteiger partial charge in [0.25, 0.3) is 0 Å². The van der Waals surface area contributed by atoms with Gasteiger partial charge in [0, 0.05) is 47.7 Å². The van der Waals surface area contributed by atoms with Crippen LogP contribution in [-0.2, 0) is 0 Å². The van der Waals surface area contributed by atoms with E-state index in [4.69, 9.17) is 0 Å². The molecule has 0 aromatic carbocycles. The van der Waals surface area contributed by atoms with Crippen LogP contribution in [0.25, 0.3) is 5.57 Å². The van der Waals surface area contributed by atoms with Crippen LogP contribution in [0.1, 0.15) is 58.4 Å². The minimum absolute atomic E-state index is 0.335. The molecule has 0 spiro atoms. The lowest BCUT2D eigenvalue weighted by Gasteiger charge is -2.34. The van der Waals surface area contributed by atoms with Crippen molar-refractivity contribution in [1.29, 1.82) is 0 Å². The Bertz CT molecular complexity index is 1060. The predicted octanol–water partition coefficient (Wildman–Crippen LogP) is 6.42. The molecule has 3 unspecified atom stereocenters. The summed E-state index contributed by atoms with van der Waals surface area (Å²) < 4.78 is 14.0. The van der Waals surface area contributed by atoms with E-state index in [1.165, 1.54) is 30.0 Å². The van der Waals surface area contributed by atoms with E-state index in [1.54, 1.807) is 6.20 Å². The third-order valence-electron chi connectivity index (χ3n) is 7.07. The summed E-state index contributed by atoms with van der Waals surface area (Å²) in [6, 6.07) is 2.08. The summed E-state index contributed by atoms with van der Waals surface area (Å²) in [5, 5.41) is 7.19. The molecule has 0 radical (unpaired) electrons. The maximum absolute atomic E-state index is 14.0. The number of halogens is 1. The van der Waals surface area contributed by atoms with E-state index in [0.717, 1.165) is 54.8 Å². The molecule has 0 amide bonds. The Morgan fingerprint density at radius 3 is 3.03 bits per heavy atom. The minimum atomic E-state index is -0.335. The Labute approximate surface area is 203 Å². The molecule has 4 nitrogen and oxygen atoms in total. The Morgan fingerprint density at radius 1 is 1.41 bits per heavy atom. The molecule has 34 heavy (non-hydrogen) atoms. The van der Waals surface area contributed by atoms with Crippen molar-refractivity contribution in [3.63, 3.8) is 0 Å². The molecule has 0 bridgehead atoms. The first-order chi connectivity index (χ1) is 16.5. The Hall–Kier alpha value is -3.08. The van der Waals surface area contributed by atoms with Crippen LogP contribution in [0.15, 0.2) is 84.4 Å². The van der Waals surface area contributed by atoms with Crippen molar-refractivity contribution in [3.8, 4) is 0 Å². The van der Waals surface area contributed by atoms with Gasteiger partial charge in [-0.05, 0) is 62.4 Å². The second kappa shape index (κ2) is 10.9. The summed E-state index contributed by atoms with van der Waals surface area (Å²) in [6.45, 7) is 11.8. The number of aromatic nitrogens is 1. The first-order valence-electron chi connectivity index (χ1n) is 12.6. The summed E-state index contributed by atoms with van der Waals surface area (Å²) in [4.78, 5) is 6.23. The zero-order chi connectivity index (χ0) is 24.1. The van der Waals surface area contributed by atoms with Gasteiger partial charge >= 0.3 is 0 Å². The lowest BCUT2D eigenvalue weighted by atomic mass is 9.86. The number of fused-ring (bicyclic) bond motifs is 1. The third kappa shape index (κ3) is 5.19. The van der Waals surface area contributed by atoms with Gasteiger partial charge < -0.3 is 15.5 Å². The van der Waals surface area contributed by atoms with E-state index in [9.17, 15) is 4.39 Å². The van der Waals surface area contributed by atoms with Crippen molar-refractivity contribution < 1.29 is 4.39 Å². The van der Waals surface area contributed by atoms with Crippen molar-refractivity contribution in [2.45, 2.75) is 58.9 Å². The van der Waals surface area contributed by atoms with Gasteiger partial charge in [-0.25, -0.2) is 4.39 Å². The van der Waals surface area contributed by atoms with E-state index >= 15 is 0 Å². The second-order valence-electron chi connectivity index (χ2n) is 9.45. The zero-order valence-corrected chi connectivity index (χ0v) is 20.7. The fourth-order valence-electron chi connectivity index (χ4n) is 5.27. The molecule has 0 saturated carbocycles. The molecule has 5 heteroatoms. The van der Waals surface area contributed by atoms with Crippen LogP contribution in [0.5, 0.6) is 0 Å². The molecule has 2 aliphatic heterocycles. The maximum Gasteiger partial charge on any atom is 0.142 e. The predicted molar refractivity (Wildman–Crippen MR) is 139 cm³/mol. The van der Waals surface area contributed by atoms with Crippen molar-refractivity contribution in [3.05, 3.63) is 95.8 Å². The SMILES string of the molecule is C=C1C(NCCC2=CNC3CCC=CC23)=CC(c2cncc(F)c2)=CN1/C(=C\C)C(C)CCC. The monoisotopic (exact) mass is 460 g/mol. The quantitative estimate of drug-likeness (QED) is 0.417. The summed E-state index contributed by atoms with van der Waals surface area (Å²) >= 11 is 0. The summed E-state index contributed by atoms with van der Waals surface area (Å²) in [5.41, 5.74) is 6.21. The number of hydrogen-bond acceptors (Lipinski definition) is 4. The van der Waals surface area contributed by atoms with Gasteiger partial charge in [-0.2, -0.15) is 0 Å². The smallest absolute Gasteiger partial charge is 0.142 e. The van der Waals surface area contributed by atoms with E-state index < -0.39 is 0 Å². The summed E-state index contributed by atoms with van der Waals surface area (Å²) in [7, 11) is 0. The average molecular weight is 461 g/mol. The standard InChI is InChI=1S/C29H37FN4/c1-5-9-20(3)29(6-2)34-19-24(23-14-25(30)18-31-16-23)15-28(21(34)4)32-13-12-22-17-33-27-11-8-7-10-26(22)27/h6-7,10,14-20,26-27,32-33H,4-5,8-9,11-13H2,1-3H3/b29-6-. The highest BCUT2D eigenvalue weighted by molar-refractivity contribution is 5.77. The molecule has 3 aliphatic rings. The van der Waals surface area contributed by atoms with Crippen LogP contribution in [0.4, 0.5) is 4.39 Å². The lowest BCUT2D eigenvalue weighted by molar-refractivity contribution is 0.449. The zero-order valence-electron chi connectivity index (χ0n) is 20.7. The normalized spacial score (nSPS) is 23.1. The largest absolute Gasteiger partial charge is 0.387 e. The molecule has 180 valence electrons. The highest BCUT2D eigenvalue weighted by Gasteiger charge is 2.29. The van der Waals surface area contributed by atoms with Gasteiger partial charge in [0.05, 0.1) is 17.6 Å². The first-order valence-corrected chi connectivity index (χ1v) is 12.6. The summed E-state index contributed by atoms with van der Waals surface area (Å²) in [5.74, 6) is 0.562. The molecule has 3 heterocycles. The number of hydrogen-bond donors (Lipinski definition) is 2. The molecule has 3 atom stereocenters. The van der Waals surface area contributed by atoms with Gasteiger partial charge in [0.1, 0.15) is 5.82 Å². The number of pyridine rings is 1. The molecule has 1 aromatic heterocycles. The Balaban J connectivity index is 1.55. The van der Waals surface area contributed by atoms with Gasteiger partial charge in [-0.1, -0.05) is 45.1 Å². The van der Waals surface area contributed by atoms with E-state index in [2.05, 4.69) is 84.6 Å². The van der Waals surface area contributed by atoms with Crippen molar-refractivity contribution in [2.24, 2.45) is 11.8 Å². The fraction of sp³-hybridized carbons (Fsp3) is 0.414.